The van der Waals surface area contributed by atoms with Crippen molar-refractivity contribution >= 4 is 119 Å². The summed E-state index contributed by atoms with van der Waals surface area (Å²) < 4.78 is 21.9. The van der Waals surface area contributed by atoms with Gasteiger partial charge in [-0.05, 0) is 144 Å². The number of fused-ring (bicyclic) bond motifs is 12. The average molecular weight is 1070 g/mol. The number of aryl methyl sites for hydroxylation is 1. The van der Waals surface area contributed by atoms with Gasteiger partial charge < -0.3 is 18.9 Å². The van der Waals surface area contributed by atoms with E-state index in [0.717, 1.165) is 40.6 Å². The molecule has 382 valence electrons. The van der Waals surface area contributed by atoms with Crippen LogP contribution in [0.1, 0.15) is 32.8 Å². The van der Waals surface area contributed by atoms with E-state index >= 15 is 0 Å². The summed E-state index contributed by atoms with van der Waals surface area (Å²) in [7, 11) is -0.516. The molecule has 0 aliphatic carbocycles. The van der Waals surface area contributed by atoms with Crippen molar-refractivity contribution in [2.75, 3.05) is 0 Å². The van der Waals surface area contributed by atoms with Crippen LogP contribution in [0.4, 0.5) is 0 Å². The van der Waals surface area contributed by atoms with Gasteiger partial charge in [0.1, 0.15) is 0 Å². The Morgan fingerprint density at radius 1 is 0.400 bits per heavy atom. The lowest BCUT2D eigenvalue weighted by atomic mass is 9.78. The SMILES string of the molecule is CC1(C)OB(c2cccc(-c3ccc4c(c3)sc3ccccc34)c2)OC1(C)CCc1cc(-n2c3ccccc3c3ccccc32)cc2c1[nH]c1c(-c3cccc(-c4cccc(-c5ccc6c(c5)sc5ccccc56)c4)c3)cccc12. The Morgan fingerprint density at radius 3 is 1.54 bits per heavy atom. The molecular formula is C73H53BN2O2S2. The minimum absolute atomic E-state index is 0.516. The second kappa shape index (κ2) is 18.2. The highest BCUT2D eigenvalue weighted by molar-refractivity contribution is 7.26. The number of para-hydroxylation sites is 3. The van der Waals surface area contributed by atoms with Crippen molar-refractivity contribution in [2.24, 2.45) is 0 Å². The molecule has 1 fully saturated rings. The summed E-state index contributed by atoms with van der Waals surface area (Å²) in [5, 5.41) is 10.1. The summed E-state index contributed by atoms with van der Waals surface area (Å²) >= 11 is 3.72. The minimum Gasteiger partial charge on any atom is -0.399 e. The zero-order valence-electron chi connectivity index (χ0n) is 44.6. The lowest BCUT2D eigenvalue weighted by Crippen LogP contribution is -2.45. The molecule has 15 aromatic rings. The second-order valence-electron chi connectivity index (χ2n) is 22.5. The van der Waals surface area contributed by atoms with Crippen molar-refractivity contribution in [2.45, 2.75) is 44.8 Å². The van der Waals surface area contributed by atoms with Crippen LogP contribution in [0, 0.1) is 0 Å². The van der Waals surface area contributed by atoms with Crippen LogP contribution in [0.15, 0.2) is 237 Å². The molecule has 0 spiro atoms. The molecule has 0 amide bonds. The van der Waals surface area contributed by atoms with Crippen LogP contribution < -0.4 is 5.46 Å². The Kier molecular flexibility index (Phi) is 10.8. The quantitative estimate of drug-likeness (QED) is 0.146. The van der Waals surface area contributed by atoms with Crippen LogP contribution in [0.5, 0.6) is 0 Å². The van der Waals surface area contributed by atoms with Crippen LogP contribution in [-0.2, 0) is 15.7 Å². The maximum absolute atomic E-state index is 7.21. The van der Waals surface area contributed by atoms with E-state index in [1.165, 1.54) is 117 Å². The Hall–Kier alpha value is -8.56. The summed E-state index contributed by atoms with van der Waals surface area (Å²) in [5.74, 6) is 0. The Bertz CT molecular complexity index is 4950. The summed E-state index contributed by atoms with van der Waals surface area (Å²) in [6, 6.07) is 87.2. The molecule has 0 saturated carbocycles. The largest absolute Gasteiger partial charge is 0.494 e. The van der Waals surface area contributed by atoms with Gasteiger partial charge >= 0.3 is 7.12 Å². The number of benzene rings is 11. The first-order valence-corrected chi connectivity index (χ1v) is 29.4. The summed E-state index contributed by atoms with van der Waals surface area (Å²) in [6.45, 7) is 6.64. The molecule has 1 atom stereocenters. The molecule has 7 heteroatoms. The van der Waals surface area contributed by atoms with E-state index in [-0.39, 0.29) is 0 Å². The third-order valence-corrected chi connectivity index (χ3v) is 19.8. The average Bonchev–Trinajstić information content (AvgIpc) is 4.47. The standard InChI is InChI=1S/C73H53BN2O2S2/c1-72(2)73(3,78-74(77-72)53-21-14-19-48(40-53)50-33-35-61-59-25-7-11-31-67(59)80-69(61)43-50)37-36-52-41-54(76-64-28-8-4-22-56(64)57-23-5-9-29-65(57)76)44-63-62-27-15-26-55(71(62)75-70(52)63)51-20-13-18-47(39-51)45-16-12-17-46(38-45)49-32-34-60-58-24-6-10-30-66(58)79-68(60)42-49/h4-35,38-44,75H,36-37H2,1-3H3. The van der Waals surface area contributed by atoms with Crippen molar-refractivity contribution in [1.29, 1.82) is 0 Å². The van der Waals surface area contributed by atoms with Gasteiger partial charge in [0.15, 0.2) is 0 Å². The highest BCUT2D eigenvalue weighted by Crippen LogP contribution is 2.45. The van der Waals surface area contributed by atoms with Gasteiger partial charge in [0.25, 0.3) is 0 Å². The number of H-pyrrole nitrogens is 1. The first-order chi connectivity index (χ1) is 39.2. The predicted molar refractivity (Wildman–Crippen MR) is 342 cm³/mol. The summed E-state index contributed by atoms with van der Waals surface area (Å²) in [5.41, 5.74) is 16.4. The van der Waals surface area contributed by atoms with Crippen LogP contribution in [0.3, 0.4) is 0 Å². The van der Waals surface area contributed by atoms with Gasteiger partial charge in [-0.15, -0.1) is 22.7 Å². The highest BCUT2D eigenvalue weighted by atomic mass is 32.1. The first kappa shape index (κ1) is 47.4. The molecule has 16 rings (SSSR count). The van der Waals surface area contributed by atoms with Crippen LogP contribution in [0.25, 0.3) is 134 Å². The fraction of sp³-hybridized carbons (Fsp3) is 0.0959. The summed E-state index contributed by atoms with van der Waals surface area (Å²) in [6.07, 6.45) is 1.50. The zero-order valence-corrected chi connectivity index (χ0v) is 46.2. The highest BCUT2D eigenvalue weighted by Gasteiger charge is 2.54. The third-order valence-electron chi connectivity index (χ3n) is 17.5. The number of nitrogens with one attached hydrogen (secondary N) is 1. The van der Waals surface area contributed by atoms with Crippen molar-refractivity contribution in [3.63, 3.8) is 0 Å². The van der Waals surface area contributed by atoms with Crippen LogP contribution in [-0.4, -0.2) is 27.9 Å². The summed E-state index contributed by atoms with van der Waals surface area (Å²) in [4.78, 5) is 4.08. The van der Waals surface area contributed by atoms with Gasteiger partial charge in [-0.3, -0.25) is 0 Å². The van der Waals surface area contributed by atoms with Gasteiger partial charge in [0.05, 0.1) is 27.8 Å². The molecule has 0 bridgehead atoms. The molecule has 1 N–H and O–H groups in total. The topological polar surface area (TPSA) is 39.2 Å². The predicted octanol–water partition coefficient (Wildman–Crippen LogP) is 19.7. The molecule has 11 aromatic carbocycles. The Balaban J connectivity index is 0.765. The molecule has 0 radical (unpaired) electrons. The molecule has 4 nitrogen and oxygen atoms in total. The zero-order chi connectivity index (χ0) is 53.3. The molecule has 4 aromatic heterocycles. The number of aromatic nitrogens is 2. The molecule has 80 heavy (non-hydrogen) atoms. The monoisotopic (exact) mass is 1060 g/mol. The molecule has 1 aliphatic rings. The number of aromatic amines is 1. The van der Waals surface area contributed by atoms with Gasteiger partial charge in [-0.2, -0.15) is 0 Å². The van der Waals surface area contributed by atoms with E-state index in [1.54, 1.807) is 0 Å². The van der Waals surface area contributed by atoms with Crippen molar-refractivity contribution in [1.82, 2.24) is 9.55 Å². The number of rotatable bonds is 9. The second-order valence-corrected chi connectivity index (χ2v) is 24.6. The normalized spacial score (nSPS) is 15.6. The van der Waals surface area contributed by atoms with Crippen molar-refractivity contribution < 1.29 is 9.31 Å². The van der Waals surface area contributed by atoms with E-state index in [2.05, 4.69) is 267 Å². The van der Waals surface area contributed by atoms with Gasteiger partial charge in [0, 0.05) is 78.7 Å². The molecule has 1 aliphatic heterocycles. The van der Waals surface area contributed by atoms with Crippen LogP contribution in [0.2, 0.25) is 0 Å². The Morgan fingerprint density at radius 2 is 0.900 bits per heavy atom. The van der Waals surface area contributed by atoms with Crippen molar-refractivity contribution in [3.05, 3.63) is 242 Å². The number of nitrogens with zero attached hydrogens (tertiary/aromatic N) is 1. The third kappa shape index (κ3) is 7.63. The maximum Gasteiger partial charge on any atom is 0.494 e. The van der Waals surface area contributed by atoms with E-state index < -0.39 is 18.3 Å². The van der Waals surface area contributed by atoms with E-state index in [1.807, 2.05) is 22.7 Å². The fourth-order valence-electron chi connectivity index (χ4n) is 12.9. The minimum atomic E-state index is -0.612. The Labute approximate surface area is 472 Å². The first-order valence-electron chi connectivity index (χ1n) is 27.8. The molecule has 5 heterocycles. The molecule has 1 saturated heterocycles. The molecular weight excluding hydrogens is 1010 g/mol. The van der Waals surface area contributed by atoms with E-state index in [9.17, 15) is 0 Å². The van der Waals surface area contributed by atoms with Gasteiger partial charge in [-0.1, -0.05) is 176 Å². The maximum atomic E-state index is 7.21. The number of hydrogen-bond acceptors (Lipinski definition) is 4. The van der Waals surface area contributed by atoms with E-state index in [0.29, 0.717) is 0 Å². The van der Waals surface area contributed by atoms with Crippen LogP contribution >= 0.6 is 22.7 Å². The lowest BCUT2D eigenvalue weighted by Gasteiger charge is -2.36. The van der Waals surface area contributed by atoms with Gasteiger partial charge in [0.2, 0.25) is 0 Å². The molecule has 1 unspecified atom stereocenters. The van der Waals surface area contributed by atoms with E-state index in [4.69, 9.17) is 9.31 Å². The smallest absolute Gasteiger partial charge is 0.399 e. The number of thiophene rings is 2. The lowest BCUT2D eigenvalue weighted by molar-refractivity contribution is -0.0151. The number of hydrogen-bond donors (Lipinski definition) is 1. The van der Waals surface area contributed by atoms with Crippen molar-refractivity contribution in [3.8, 4) is 50.2 Å². The van der Waals surface area contributed by atoms with Gasteiger partial charge in [-0.25, -0.2) is 0 Å². The fourth-order valence-corrected chi connectivity index (χ4v) is 15.2.